The summed E-state index contributed by atoms with van der Waals surface area (Å²) in [6.07, 6.45) is 3.19. The van der Waals surface area contributed by atoms with E-state index in [0.717, 1.165) is 82.8 Å². The average Bonchev–Trinajstić information content (AvgIpc) is 3.11. The molecule has 0 amide bonds. The van der Waals surface area contributed by atoms with Crippen LogP contribution < -0.4 is 10.6 Å². The van der Waals surface area contributed by atoms with Crippen molar-refractivity contribution < 1.29 is 4.74 Å². The second-order valence-electron chi connectivity index (χ2n) is 7.64. The van der Waals surface area contributed by atoms with Crippen molar-refractivity contribution in [1.82, 2.24) is 30.3 Å². The normalized spacial score (nSPS) is 15.3. The number of hydrogen-bond acceptors (Lipinski definition) is 5. The number of aryl methyl sites for hydroxylation is 2. The molecule has 1 aromatic carbocycles. The van der Waals surface area contributed by atoms with E-state index in [1.807, 2.05) is 18.5 Å². The van der Waals surface area contributed by atoms with Crippen LogP contribution in [0.25, 0.3) is 0 Å². The number of benzene rings is 1. The molecule has 0 saturated carbocycles. The van der Waals surface area contributed by atoms with Gasteiger partial charge in [0, 0.05) is 33.2 Å². The number of aliphatic imine (C=N–C) groups is 1. The summed E-state index contributed by atoms with van der Waals surface area (Å²) in [5.41, 5.74) is 1.37. The van der Waals surface area contributed by atoms with Crippen molar-refractivity contribution in [3.8, 4) is 0 Å². The van der Waals surface area contributed by atoms with Crippen molar-refractivity contribution in [1.29, 1.82) is 0 Å². The van der Waals surface area contributed by atoms with Crippen molar-refractivity contribution >= 4 is 5.96 Å². The lowest BCUT2D eigenvalue weighted by Crippen LogP contribution is -2.41. The van der Waals surface area contributed by atoms with E-state index in [9.17, 15) is 0 Å². The second kappa shape index (κ2) is 12.3. The third-order valence-electron chi connectivity index (χ3n) is 5.39. The molecule has 8 nitrogen and oxygen atoms in total. The third-order valence-corrected chi connectivity index (χ3v) is 5.39. The molecule has 0 spiro atoms. The Labute approximate surface area is 179 Å². The van der Waals surface area contributed by atoms with Gasteiger partial charge in [0.1, 0.15) is 12.4 Å². The first-order valence-electron chi connectivity index (χ1n) is 10.9. The molecule has 2 aromatic rings. The van der Waals surface area contributed by atoms with Gasteiger partial charge in [0.2, 0.25) is 0 Å². The molecule has 1 fully saturated rings. The van der Waals surface area contributed by atoms with Gasteiger partial charge >= 0.3 is 0 Å². The molecule has 8 heteroatoms. The SMILES string of the molecule is Cc1nnc(CN=C(NCCCc2ccccc2)NCCCN2CCOCC2)n1C. The highest BCUT2D eigenvalue weighted by atomic mass is 16.5. The molecular formula is C22H35N7O. The number of nitrogens with zero attached hydrogens (tertiary/aromatic N) is 5. The average molecular weight is 414 g/mol. The minimum absolute atomic E-state index is 0.509. The number of guanidine groups is 1. The fraction of sp³-hybridized carbons (Fsp3) is 0.591. The summed E-state index contributed by atoms with van der Waals surface area (Å²) in [6, 6.07) is 10.6. The van der Waals surface area contributed by atoms with E-state index in [1.165, 1.54) is 5.56 Å². The highest BCUT2D eigenvalue weighted by Crippen LogP contribution is 2.02. The first-order valence-corrected chi connectivity index (χ1v) is 10.9. The molecule has 2 heterocycles. The summed E-state index contributed by atoms with van der Waals surface area (Å²) in [5, 5.41) is 15.3. The minimum atomic E-state index is 0.509. The van der Waals surface area contributed by atoms with Gasteiger partial charge in [-0.3, -0.25) is 4.90 Å². The summed E-state index contributed by atoms with van der Waals surface area (Å²) in [5.74, 6) is 2.60. The largest absolute Gasteiger partial charge is 0.379 e. The molecule has 1 aliphatic heterocycles. The van der Waals surface area contributed by atoms with E-state index >= 15 is 0 Å². The monoisotopic (exact) mass is 413 g/mol. The molecule has 1 aromatic heterocycles. The van der Waals surface area contributed by atoms with Crippen molar-refractivity contribution in [3.63, 3.8) is 0 Å². The van der Waals surface area contributed by atoms with Crippen molar-refractivity contribution in [2.45, 2.75) is 32.7 Å². The highest BCUT2D eigenvalue weighted by molar-refractivity contribution is 5.79. The van der Waals surface area contributed by atoms with E-state index in [0.29, 0.717) is 6.54 Å². The molecule has 0 bridgehead atoms. The molecule has 0 unspecified atom stereocenters. The van der Waals surface area contributed by atoms with Crippen LogP contribution in [0, 0.1) is 6.92 Å². The molecular weight excluding hydrogens is 378 g/mol. The smallest absolute Gasteiger partial charge is 0.191 e. The van der Waals surface area contributed by atoms with Crippen LogP contribution in [0.1, 0.15) is 30.1 Å². The van der Waals surface area contributed by atoms with E-state index in [-0.39, 0.29) is 0 Å². The van der Waals surface area contributed by atoms with Gasteiger partial charge in [0.25, 0.3) is 0 Å². The Hall–Kier alpha value is -2.45. The van der Waals surface area contributed by atoms with Crippen LogP contribution in [0.4, 0.5) is 0 Å². The molecule has 0 radical (unpaired) electrons. The topological polar surface area (TPSA) is 79.6 Å². The van der Waals surface area contributed by atoms with Crippen molar-refractivity contribution in [2.24, 2.45) is 12.0 Å². The molecule has 1 aliphatic rings. The van der Waals surface area contributed by atoms with Gasteiger partial charge in [-0.25, -0.2) is 4.99 Å². The van der Waals surface area contributed by atoms with Crippen LogP contribution in [-0.4, -0.2) is 71.6 Å². The van der Waals surface area contributed by atoms with Gasteiger partial charge in [-0.1, -0.05) is 30.3 Å². The third kappa shape index (κ3) is 7.42. The van der Waals surface area contributed by atoms with Gasteiger partial charge in [0.05, 0.1) is 13.2 Å². The Bertz CT molecular complexity index is 769. The second-order valence-corrected chi connectivity index (χ2v) is 7.64. The maximum atomic E-state index is 5.42. The Morgan fingerprint density at radius 3 is 2.50 bits per heavy atom. The van der Waals surface area contributed by atoms with Gasteiger partial charge < -0.3 is 19.9 Å². The summed E-state index contributed by atoms with van der Waals surface area (Å²) in [4.78, 5) is 7.19. The fourth-order valence-corrected chi connectivity index (χ4v) is 3.39. The molecule has 1 saturated heterocycles. The van der Waals surface area contributed by atoms with E-state index < -0.39 is 0 Å². The Morgan fingerprint density at radius 2 is 1.80 bits per heavy atom. The van der Waals surface area contributed by atoms with Crippen LogP contribution in [0.15, 0.2) is 35.3 Å². The predicted molar refractivity (Wildman–Crippen MR) is 120 cm³/mol. The zero-order valence-electron chi connectivity index (χ0n) is 18.3. The zero-order chi connectivity index (χ0) is 21.0. The molecule has 3 rings (SSSR count). The molecule has 30 heavy (non-hydrogen) atoms. The minimum Gasteiger partial charge on any atom is -0.379 e. The maximum Gasteiger partial charge on any atom is 0.191 e. The van der Waals surface area contributed by atoms with E-state index in [2.05, 4.69) is 56.1 Å². The highest BCUT2D eigenvalue weighted by Gasteiger charge is 2.10. The van der Waals surface area contributed by atoms with Crippen LogP contribution in [-0.2, 0) is 24.8 Å². The lowest BCUT2D eigenvalue weighted by atomic mass is 10.1. The summed E-state index contributed by atoms with van der Waals surface area (Å²) < 4.78 is 7.40. The first-order chi connectivity index (χ1) is 14.7. The number of nitrogens with one attached hydrogen (secondary N) is 2. The maximum absolute atomic E-state index is 5.42. The number of hydrogen-bond donors (Lipinski definition) is 2. The summed E-state index contributed by atoms with van der Waals surface area (Å²) in [6.45, 7) is 9.07. The van der Waals surface area contributed by atoms with Crippen LogP contribution in [0.3, 0.4) is 0 Å². The van der Waals surface area contributed by atoms with Gasteiger partial charge in [-0.2, -0.15) is 0 Å². The van der Waals surface area contributed by atoms with E-state index in [1.54, 1.807) is 0 Å². The zero-order valence-corrected chi connectivity index (χ0v) is 18.3. The molecule has 164 valence electrons. The van der Waals surface area contributed by atoms with Crippen LogP contribution in [0.5, 0.6) is 0 Å². The van der Waals surface area contributed by atoms with Gasteiger partial charge in [0.15, 0.2) is 11.8 Å². The Morgan fingerprint density at radius 1 is 1.07 bits per heavy atom. The van der Waals surface area contributed by atoms with Crippen LogP contribution in [0.2, 0.25) is 0 Å². The number of rotatable bonds is 10. The lowest BCUT2D eigenvalue weighted by molar-refractivity contribution is 0.0376. The molecule has 0 atom stereocenters. The first kappa shape index (κ1) is 22.2. The fourth-order valence-electron chi connectivity index (χ4n) is 3.39. The predicted octanol–water partition coefficient (Wildman–Crippen LogP) is 1.51. The quantitative estimate of drug-likeness (QED) is 0.349. The standard InChI is InChI=1S/C22H35N7O/c1-19-26-27-21(28(19)2)18-25-22(23-11-6-10-20-8-4-3-5-9-20)24-12-7-13-29-14-16-30-17-15-29/h3-5,8-9H,6-7,10-18H2,1-2H3,(H2,23,24,25). The summed E-state index contributed by atoms with van der Waals surface area (Å²) in [7, 11) is 1.98. The number of morpholine rings is 1. The van der Waals surface area contributed by atoms with Gasteiger partial charge in [-0.05, 0) is 38.3 Å². The number of ether oxygens (including phenoxy) is 1. The Kier molecular flexibility index (Phi) is 9.11. The van der Waals surface area contributed by atoms with Crippen molar-refractivity contribution in [3.05, 3.63) is 47.5 Å². The summed E-state index contributed by atoms with van der Waals surface area (Å²) >= 11 is 0. The molecule has 0 aliphatic carbocycles. The number of aromatic nitrogens is 3. The van der Waals surface area contributed by atoms with Crippen LogP contribution >= 0.6 is 0 Å². The Balaban J connectivity index is 1.45. The lowest BCUT2D eigenvalue weighted by Gasteiger charge is -2.26. The van der Waals surface area contributed by atoms with Crippen molar-refractivity contribution in [2.75, 3.05) is 45.9 Å². The van der Waals surface area contributed by atoms with E-state index in [4.69, 9.17) is 9.73 Å². The van der Waals surface area contributed by atoms with Gasteiger partial charge in [-0.15, -0.1) is 10.2 Å². The molecule has 2 N–H and O–H groups in total.